The van der Waals surface area contributed by atoms with Gasteiger partial charge in [-0.2, -0.15) is 0 Å². The highest BCUT2D eigenvalue weighted by Gasteiger charge is 2.15. The van der Waals surface area contributed by atoms with Crippen LogP contribution in [0.5, 0.6) is 0 Å². The van der Waals surface area contributed by atoms with Crippen molar-refractivity contribution in [3.8, 4) is 0 Å². The van der Waals surface area contributed by atoms with Crippen LogP contribution in [0.2, 0.25) is 0 Å². The van der Waals surface area contributed by atoms with Crippen LogP contribution in [0, 0.1) is 6.92 Å². The number of hydrogen-bond acceptors (Lipinski definition) is 5. The molecule has 1 aromatic heterocycles. The zero-order chi connectivity index (χ0) is 20.0. The Morgan fingerprint density at radius 2 is 1.96 bits per heavy atom. The van der Waals surface area contributed by atoms with E-state index in [2.05, 4.69) is 52.1 Å². The summed E-state index contributed by atoms with van der Waals surface area (Å²) in [4.78, 5) is 8.13. The van der Waals surface area contributed by atoms with E-state index in [1.807, 2.05) is 19.1 Å². The summed E-state index contributed by atoms with van der Waals surface area (Å²) in [6, 6.07) is 9.85. The van der Waals surface area contributed by atoms with Crippen LogP contribution in [0.3, 0.4) is 0 Å². The van der Waals surface area contributed by atoms with E-state index in [1.165, 1.54) is 11.1 Å². The normalized spacial score (nSPS) is 13.1. The number of nitrogens with one attached hydrogen (secondary N) is 2. The Balaban J connectivity index is 0.00000392. The van der Waals surface area contributed by atoms with E-state index in [9.17, 15) is 8.42 Å². The van der Waals surface area contributed by atoms with Crippen LogP contribution in [-0.2, 0) is 16.4 Å². The van der Waals surface area contributed by atoms with E-state index in [4.69, 9.17) is 0 Å². The molecule has 0 bridgehead atoms. The fraction of sp³-hybridized carbons (Fsp3) is 0.421. The van der Waals surface area contributed by atoms with Gasteiger partial charge in [0.2, 0.25) is 0 Å². The third-order valence-corrected chi connectivity index (χ3v) is 6.51. The number of sulfone groups is 1. The van der Waals surface area contributed by atoms with Gasteiger partial charge in [-0.3, -0.25) is 4.99 Å². The molecular formula is C19H29IN4O2S2. The van der Waals surface area contributed by atoms with Crippen LogP contribution in [0.4, 0.5) is 0 Å². The molecule has 1 unspecified atom stereocenters. The Morgan fingerprint density at radius 1 is 1.25 bits per heavy atom. The number of aryl methyl sites for hydroxylation is 1. The van der Waals surface area contributed by atoms with Crippen molar-refractivity contribution in [3.63, 3.8) is 0 Å². The summed E-state index contributed by atoms with van der Waals surface area (Å²) in [5, 5.41) is 8.74. The summed E-state index contributed by atoms with van der Waals surface area (Å²) in [6.45, 7) is 3.12. The smallest absolute Gasteiger partial charge is 0.191 e. The summed E-state index contributed by atoms with van der Waals surface area (Å²) >= 11 is 1.74. The largest absolute Gasteiger partial charge is 0.354 e. The first-order valence-corrected chi connectivity index (χ1v) is 11.4. The van der Waals surface area contributed by atoms with E-state index in [-0.39, 0.29) is 30.0 Å². The molecular weight excluding hydrogens is 507 g/mol. The topological polar surface area (TPSA) is 73.8 Å². The monoisotopic (exact) mass is 536 g/mol. The minimum atomic E-state index is -3.19. The second-order valence-corrected chi connectivity index (χ2v) is 9.64. The zero-order valence-electron chi connectivity index (χ0n) is 16.9. The molecule has 0 amide bonds. The molecule has 0 radical (unpaired) electrons. The zero-order valence-corrected chi connectivity index (χ0v) is 20.9. The van der Waals surface area contributed by atoms with Crippen molar-refractivity contribution in [2.24, 2.45) is 4.99 Å². The maximum atomic E-state index is 11.7. The van der Waals surface area contributed by atoms with E-state index in [0.717, 1.165) is 17.7 Å². The third kappa shape index (κ3) is 7.02. The summed E-state index contributed by atoms with van der Waals surface area (Å²) in [5.74, 6) is 0.711. The van der Waals surface area contributed by atoms with Crippen molar-refractivity contribution >= 4 is 51.1 Å². The Labute approximate surface area is 189 Å². The number of guanidine groups is 1. The lowest BCUT2D eigenvalue weighted by Gasteiger charge is -2.24. The number of halogens is 1. The molecule has 0 fully saturated rings. The van der Waals surface area contributed by atoms with Gasteiger partial charge in [0.25, 0.3) is 0 Å². The van der Waals surface area contributed by atoms with E-state index in [1.54, 1.807) is 24.5 Å². The lowest BCUT2D eigenvalue weighted by molar-refractivity contribution is 0.302. The lowest BCUT2D eigenvalue weighted by Crippen LogP contribution is -2.41. The maximum Gasteiger partial charge on any atom is 0.191 e. The van der Waals surface area contributed by atoms with Crippen molar-refractivity contribution in [3.05, 3.63) is 51.7 Å². The van der Waals surface area contributed by atoms with Gasteiger partial charge < -0.3 is 15.5 Å². The number of aliphatic imine (C=N–C) groups is 1. The van der Waals surface area contributed by atoms with Crippen molar-refractivity contribution in [2.75, 3.05) is 33.9 Å². The minimum Gasteiger partial charge on any atom is -0.354 e. The van der Waals surface area contributed by atoms with Crippen molar-refractivity contribution in [1.29, 1.82) is 0 Å². The van der Waals surface area contributed by atoms with Crippen LogP contribution in [0.25, 0.3) is 0 Å². The van der Waals surface area contributed by atoms with Crippen molar-refractivity contribution < 1.29 is 8.42 Å². The summed E-state index contributed by atoms with van der Waals surface area (Å²) in [6.07, 6.45) is 1.23. The molecule has 0 aliphatic carbocycles. The Morgan fingerprint density at radius 3 is 2.46 bits per heavy atom. The number of thiophene rings is 1. The first-order valence-electron chi connectivity index (χ1n) is 8.66. The molecule has 0 saturated carbocycles. The van der Waals surface area contributed by atoms with Gasteiger partial charge in [0.1, 0.15) is 0 Å². The Kier molecular flexibility index (Phi) is 9.88. The SMILES string of the molecule is CN=C(NCc1ccc(S(C)(=O)=O)c(C)c1)NCC(c1cccs1)N(C)C.I. The molecule has 0 aliphatic rings. The highest BCUT2D eigenvalue weighted by atomic mass is 127. The van der Waals surface area contributed by atoms with Gasteiger partial charge in [-0.15, -0.1) is 35.3 Å². The van der Waals surface area contributed by atoms with Gasteiger partial charge in [-0.05, 0) is 49.7 Å². The maximum absolute atomic E-state index is 11.7. The van der Waals surface area contributed by atoms with Gasteiger partial charge in [0.15, 0.2) is 15.8 Å². The molecule has 156 valence electrons. The second-order valence-electron chi connectivity index (χ2n) is 6.67. The molecule has 0 spiro atoms. The molecule has 0 aliphatic heterocycles. The number of nitrogens with zero attached hydrogens (tertiary/aromatic N) is 2. The first-order chi connectivity index (χ1) is 12.7. The lowest BCUT2D eigenvalue weighted by atomic mass is 10.1. The van der Waals surface area contributed by atoms with E-state index < -0.39 is 9.84 Å². The predicted octanol–water partition coefficient (Wildman–Crippen LogP) is 3.05. The quantitative estimate of drug-likeness (QED) is 0.324. The minimum absolute atomic E-state index is 0. The molecule has 1 atom stereocenters. The molecule has 2 rings (SSSR count). The average molecular weight is 537 g/mol. The standard InChI is InChI=1S/C19H28N4O2S2.HI/c1-14-11-15(8-9-18(14)27(5,24)25)12-21-19(20-2)22-13-16(23(3)4)17-7-6-10-26-17;/h6-11,16H,12-13H2,1-5H3,(H2,20,21,22);1H. The number of benzene rings is 1. The second kappa shape index (κ2) is 11.1. The Hall–Kier alpha value is -1.17. The molecule has 2 N–H and O–H groups in total. The third-order valence-electron chi connectivity index (χ3n) is 4.28. The Bertz CT molecular complexity index is 881. The molecule has 2 aromatic rings. The van der Waals surface area contributed by atoms with Gasteiger partial charge >= 0.3 is 0 Å². The van der Waals surface area contributed by atoms with Crippen LogP contribution in [0.1, 0.15) is 22.0 Å². The molecule has 0 saturated heterocycles. The summed E-state index contributed by atoms with van der Waals surface area (Å²) in [5.41, 5.74) is 1.76. The van der Waals surface area contributed by atoms with Gasteiger partial charge in [-0.25, -0.2) is 8.42 Å². The highest BCUT2D eigenvalue weighted by molar-refractivity contribution is 14.0. The molecule has 1 aromatic carbocycles. The van der Waals surface area contributed by atoms with Gasteiger partial charge in [-0.1, -0.05) is 18.2 Å². The summed E-state index contributed by atoms with van der Waals surface area (Å²) in [7, 11) is 2.67. The van der Waals surface area contributed by atoms with Crippen LogP contribution < -0.4 is 10.6 Å². The molecule has 9 heteroatoms. The van der Waals surface area contributed by atoms with Crippen molar-refractivity contribution in [2.45, 2.75) is 24.4 Å². The van der Waals surface area contributed by atoms with Crippen LogP contribution >= 0.6 is 35.3 Å². The highest BCUT2D eigenvalue weighted by Crippen LogP contribution is 2.22. The number of rotatable bonds is 7. The van der Waals surface area contributed by atoms with Crippen molar-refractivity contribution in [1.82, 2.24) is 15.5 Å². The molecule has 1 heterocycles. The van der Waals surface area contributed by atoms with Crippen LogP contribution in [-0.4, -0.2) is 53.2 Å². The predicted molar refractivity (Wildman–Crippen MR) is 129 cm³/mol. The fourth-order valence-electron chi connectivity index (χ4n) is 2.86. The summed E-state index contributed by atoms with van der Waals surface area (Å²) < 4.78 is 23.5. The average Bonchev–Trinajstić information content (AvgIpc) is 3.10. The van der Waals surface area contributed by atoms with Gasteiger partial charge in [0.05, 0.1) is 10.9 Å². The van der Waals surface area contributed by atoms with Crippen LogP contribution in [0.15, 0.2) is 45.6 Å². The molecule has 6 nitrogen and oxygen atoms in total. The van der Waals surface area contributed by atoms with E-state index in [0.29, 0.717) is 17.4 Å². The van der Waals surface area contributed by atoms with E-state index >= 15 is 0 Å². The first kappa shape index (κ1) is 24.9. The molecule has 28 heavy (non-hydrogen) atoms. The van der Waals surface area contributed by atoms with Gasteiger partial charge in [0, 0.05) is 31.3 Å². The number of hydrogen-bond donors (Lipinski definition) is 2. The number of likely N-dealkylation sites (N-methyl/N-ethyl adjacent to an activating group) is 1. The fourth-order valence-corrected chi connectivity index (χ4v) is 4.74.